The Bertz CT molecular complexity index is 1520. The van der Waals surface area contributed by atoms with Gasteiger partial charge in [0.2, 0.25) is 5.76 Å². The second kappa shape index (κ2) is 12.1. The fraction of sp³-hybridized carbons (Fsp3) is 0.242. The normalized spacial score (nSPS) is 13.1. The lowest BCUT2D eigenvalue weighted by molar-refractivity contribution is 0.0701. The molecular weight excluding hydrogens is 509 g/mol. The maximum absolute atomic E-state index is 12.4. The second-order valence-corrected chi connectivity index (χ2v) is 9.97. The minimum Gasteiger partial charge on any atom is -0.496 e. The quantitative estimate of drug-likeness (QED) is 0.187. The molecule has 0 spiro atoms. The SMILES string of the molecule is CF.COc1cc(OC(=O)c2ccco2)ccc1-c1ccc2c(c1COc1ccccc1C)C(C)=CC(C)(C)N2. The number of ether oxygens (including phenoxy) is 3. The van der Waals surface area contributed by atoms with Crippen molar-refractivity contribution in [3.8, 4) is 28.4 Å². The van der Waals surface area contributed by atoms with Crippen molar-refractivity contribution < 1.29 is 27.8 Å². The number of aryl methyl sites for hydroxylation is 1. The Kier molecular flexibility index (Phi) is 8.63. The molecule has 1 aromatic heterocycles. The molecule has 0 saturated carbocycles. The zero-order chi connectivity index (χ0) is 28.9. The molecule has 40 heavy (non-hydrogen) atoms. The summed E-state index contributed by atoms with van der Waals surface area (Å²) >= 11 is 0. The van der Waals surface area contributed by atoms with Crippen LogP contribution in [0, 0.1) is 6.92 Å². The molecule has 2 heterocycles. The average molecular weight is 544 g/mol. The van der Waals surface area contributed by atoms with Crippen molar-refractivity contribution >= 4 is 17.2 Å². The highest BCUT2D eigenvalue weighted by molar-refractivity contribution is 5.90. The molecule has 5 rings (SSSR count). The maximum Gasteiger partial charge on any atom is 0.379 e. The van der Waals surface area contributed by atoms with Gasteiger partial charge in [0.15, 0.2) is 0 Å². The van der Waals surface area contributed by atoms with Crippen molar-refractivity contribution in [2.75, 3.05) is 19.6 Å². The third-order valence-electron chi connectivity index (χ3n) is 6.60. The number of fused-ring (bicyclic) bond motifs is 1. The van der Waals surface area contributed by atoms with Crippen LogP contribution in [0.15, 0.2) is 83.5 Å². The molecule has 0 radical (unpaired) electrons. The molecule has 0 saturated heterocycles. The standard InChI is InChI=1S/C32H31NO5.CH3F/c1-20-9-6-7-10-27(20)37-19-25-23(14-15-26-30(25)21(2)18-32(3,4)33-26)24-13-12-22(17-29(24)35-5)38-31(34)28-11-8-16-36-28;1-2/h6-18,33H,19H2,1-5H3;1H3. The van der Waals surface area contributed by atoms with E-state index in [1.165, 1.54) is 11.8 Å². The number of carbonyl (C=O) groups is 1. The van der Waals surface area contributed by atoms with Gasteiger partial charge in [-0.3, -0.25) is 4.39 Å². The molecule has 3 aromatic carbocycles. The number of hydrogen-bond donors (Lipinski definition) is 1. The second-order valence-electron chi connectivity index (χ2n) is 9.97. The Morgan fingerprint density at radius 2 is 1.70 bits per heavy atom. The van der Waals surface area contributed by atoms with E-state index in [9.17, 15) is 9.18 Å². The van der Waals surface area contributed by atoms with Gasteiger partial charge in [0.25, 0.3) is 0 Å². The zero-order valence-corrected chi connectivity index (χ0v) is 23.6. The number of carbonyl (C=O) groups excluding carboxylic acids is 1. The van der Waals surface area contributed by atoms with Crippen molar-refractivity contribution in [2.24, 2.45) is 0 Å². The van der Waals surface area contributed by atoms with Crippen LogP contribution in [0.5, 0.6) is 17.2 Å². The number of rotatable bonds is 7. The number of halogens is 1. The van der Waals surface area contributed by atoms with Crippen LogP contribution >= 0.6 is 0 Å². The molecule has 7 heteroatoms. The van der Waals surface area contributed by atoms with Crippen molar-refractivity contribution in [3.63, 3.8) is 0 Å². The smallest absolute Gasteiger partial charge is 0.379 e. The molecule has 1 aliphatic heterocycles. The molecule has 0 fully saturated rings. The Morgan fingerprint density at radius 1 is 0.950 bits per heavy atom. The number of nitrogens with one attached hydrogen (secondary N) is 1. The van der Waals surface area contributed by atoms with E-state index in [1.54, 1.807) is 31.4 Å². The number of esters is 1. The van der Waals surface area contributed by atoms with Crippen LogP contribution in [0.2, 0.25) is 0 Å². The number of alkyl halides is 1. The van der Waals surface area contributed by atoms with E-state index < -0.39 is 5.97 Å². The lowest BCUT2D eigenvalue weighted by atomic mass is 9.85. The Hall–Kier alpha value is -4.52. The summed E-state index contributed by atoms with van der Waals surface area (Å²) < 4.78 is 32.3. The highest BCUT2D eigenvalue weighted by atomic mass is 19.1. The van der Waals surface area contributed by atoms with Crippen LogP contribution in [0.4, 0.5) is 10.1 Å². The van der Waals surface area contributed by atoms with Gasteiger partial charge < -0.3 is 23.9 Å². The van der Waals surface area contributed by atoms with E-state index >= 15 is 0 Å². The van der Waals surface area contributed by atoms with Gasteiger partial charge in [-0.25, -0.2) is 4.79 Å². The first kappa shape index (κ1) is 28.5. The first-order valence-electron chi connectivity index (χ1n) is 12.9. The minimum atomic E-state index is -0.569. The molecule has 208 valence electrons. The lowest BCUT2D eigenvalue weighted by Crippen LogP contribution is -2.32. The van der Waals surface area contributed by atoms with Gasteiger partial charge >= 0.3 is 5.97 Å². The largest absolute Gasteiger partial charge is 0.496 e. The predicted octanol–water partition coefficient (Wildman–Crippen LogP) is 8.25. The van der Waals surface area contributed by atoms with Gasteiger partial charge in [-0.1, -0.05) is 30.3 Å². The molecule has 0 amide bonds. The van der Waals surface area contributed by atoms with Gasteiger partial charge in [0.05, 0.1) is 26.1 Å². The first-order chi connectivity index (χ1) is 19.3. The van der Waals surface area contributed by atoms with E-state index in [0.717, 1.165) is 39.3 Å². The van der Waals surface area contributed by atoms with Gasteiger partial charge in [-0.15, -0.1) is 0 Å². The summed E-state index contributed by atoms with van der Waals surface area (Å²) in [6.45, 7) is 8.86. The van der Waals surface area contributed by atoms with Gasteiger partial charge in [-0.2, -0.15) is 0 Å². The molecule has 1 aliphatic rings. The summed E-state index contributed by atoms with van der Waals surface area (Å²) in [4.78, 5) is 12.4. The number of allylic oxidation sites excluding steroid dienone is 1. The molecule has 0 atom stereocenters. The Labute approximate surface area is 234 Å². The monoisotopic (exact) mass is 543 g/mol. The van der Waals surface area contributed by atoms with Gasteiger partial charge in [0.1, 0.15) is 23.9 Å². The third-order valence-corrected chi connectivity index (χ3v) is 6.60. The van der Waals surface area contributed by atoms with E-state index in [-0.39, 0.29) is 11.3 Å². The fourth-order valence-corrected chi connectivity index (χ4v) is 4.98. The molecule has 0 unspecified atom stereocenters. The highest BCUT2D eigenvalue weighted by Gasteiger charge is 2.27. The molecule has 0 bridgehead atoms. The molecular formula is C33H34FNO5. The first-order valence-corrected chi connectivity index (χ1v) is 12.9. The minimum absolute atomic E-state index is 0.135. The summed E-state index contributed by atoms with van der Waals surface area (Å²) in [6.07, 6.45) is 3.67. The number of methoxy groups -OCH3 is 1. The topological polar surface area (TPSA) is 69.9 Å². The van der Waals surface area contributed by atoms with E-state index in [1.807, 2.05) is 37.3 Å². The average Bonchev–Trinajstić information content (AvgIpc) is 3.48. The van der Waals surface area contributed by atoms with Crippen molar-refractivity contribution in [2.45, 2.75) is 39.8 Å². The van der Waals surface area contributed by atoms with Gasteiger partial charge in [-0.05, 0) is 80.8 Å². The van der Waals surface area contributed by atoms with Gasteiger partial charge in [0, 0.05) is 28.4 Å². The Morgan fingerprint density at radius 3 is 2.40 bits per heavy atom. The lowest BCUT2D eigenvalue weighted by Gasteiger charge is -2.33. The van der Waals surface area contributed by atoms with Crippen molar-refractivity contribution in [1.82, 2.24) is 0 Å². The van der Waals surface area contributed by atoms with Crippen LogP contribution < -0.4 is 19.5 Å². The summed E-state index contributed by atoms with van der Waals surface area (Å²) in [6, 6.07) is 20.8. The third kappa shape index (κ3) is 6.04. The van der Waals surface area contributed by atoms with Crippen LogP contribution in [0.1, 0.15) is 48.0 Å². The summed E-state index contributed by atoms with van der Waals surface area (Å²) in [5.74, 6) is 1.35. The molecule has 4 aromatic rings. The van der Waals surface area contributed by atoms with E-state index in [4.69, 9.17) is 18.6 Å². The number of furan rings is 1. The highest BCUT2D eigenvalue weighted by Crippen LogP contribution is 2.43. The summed E-state index contributed by atoms with van der Waals surface area (Å²) in [5.41, 5.74) is 7.16. The van der Waals surface area contributed by atoms with Crippen LogP contribution in [-0.2, 0) is 6.61 Å². The predicted molar refractivity (Wildman–Crippen MR) is 156 cm³/mol. The van der Waals surface area contributed by atoms with Crippen molar-refractivity contribution in [1.29, 1.82) is 0 Å². The fourth-order valence-electron chi connectivity index (χ4n) is 4.98. The number of benzene rings is 3. The summed E-state index contributed by atoms with van der Waals surface area (Å²) in [7, 11) is 2.11. The molecule has 1 N–H and O–H groups in total. The number of anilines is 1. The van der Waals surface area contributed by atoms with Crippen LogP contribution in [0.3, 0.4) is 0 Å². The zero-order valence-electron chi connectivity index (χ0n) is 23.6. The molecule has 0 aliphatic carbocycles. The number of para-hydroxylation sites is 1. The summed E-state index contributed by atoms with van der Waals surface area (Å²) in [5, 5.41) is 3.64. The van der Waals surface area contributed by atoms with E-state index in [2.05, 4.69) is 44.3 Å². The van der Waals surface area contributed by atoms with Crippen LogP contribution in [-0.4, -0.2) is 25.8 Å². The van der Waals surface area contributed by atoms with Crippen molar-refractivity contribution in [3.05, 3.63) is 102 Å². The van der Waals surface area contributed by atoms with E-state index in [0.29, 0.717) is 25.3 Å². The molecule has 6 nitrogen and oxygen atoms in total. The van der Waals surface area contributed by atoms with Crippen LogP contribution in [0.25, 0.3) is 16.7 Å². The Balaban J connectivity index is 0.00000181. The number of hydrogen-bond acceptors (Lipinski definition) is 6. The maximum atomic E-state index is 12.4.